The largest absolute Gasteiger partial charge is 0.471 e. The quantitative estimate of drug-likeness (QED) is 0.697. The molecule has 0 saturated carbocycles. The number of nitrogens with zero attached hydrogens (tertiary/aromatic N) is 2. The lowest BCUT2D eigenvalue weighted by Gasteiger charge is -2.19. The first kappa shape index (κ1) is 9.71. The van der Waals surface area contributed by atoms with Gasteiger partial charge in [0.05, 0.1) is 5.69 Å². The minimum atomic E-state index is -0.232. The molecule has 0 radical (unpaired) electrons. The van der Waals surface area contributed by atoms with Crippen molar-refractivity contribution in [3.8, 4) is 5.88 Å². The number of hydrogen-bond donors (Lipinski definition) is 0. The van der Waals surface area contributed by atoms with Crippen LogP contribution in [-0.4, -0.2) is 15.8 Å². The lowest BCUT2D eigenvalue weighted by atomic mass is 10.2. The van der Waals surface area contributed by atoms with Crippen LogP contribution in [0.15, 0.2) is 18.7 Å². The Kier molecular flexibility index (Phi) is 2.66. The second-order valence-corrected chi connectivity index (χ2v) is 3.71. The summed E-state index contributed by atoms with van der Waals surface area (Å²) in [6.07, 6.45) is 1.65. The standard InChI is InChI=1S/C10H14N2O/c1-5-8-6-7-9(12-11-8)13-10(2,3)4/h5-7H,1H2,2-4H3. The van der Waals surface area contributed by atoms with Crippen molar-refractivity contribution in [3.05, 3.63) is 24.4 Å². The van der Waals surface area contributed by atoms with Crippen molar-refractivity contribution in [2.45, 2.75) is 26.4 Å². The molecule has 0 aliphatic carbocycles. The average molecular weight is 178 g/mol. The zero-order valence-corrected chi connectivity index (χ0v) is 8.24. The van der Waals surface area contributed by atoms with E-state index >= 15 is 0 Å². The van der Waals surface area contributed by atoms with Gasteiger partial charge in [-0.1, -0.05) is 6.58 Å². The lowest BCUT2D eigenvalue weighted by Crippen LogP contribution is -2.23. The van der Waals surface area contributed by atoms with Gasteiger partial charge in [-0.15, -0.1) is 10.2 Å². The van der Waals surface area contributed by atoms with Crippen LogP contribution in [0.25, 0.3) is 6.08 Å². The monoisotopic (exact) mass is 178 g/mol. The van der Waals surface area contributed by atoms with Crippen LogP contribution in [0.4, 0.5) is 0 Å². The van der Waals surface area contributed by atoms with E-state index in [9.17, 15) is 0 Å². The SMILES string of the molecule is C=Cc1ccc(OC(C)(C)C)nn1. The molecule has 1 rings (SSSR count). The highest BCUT2D eigenvalue weighted by atomic mass is 16.5. The maximum Gasteiger partial charge on any atom is 0.233 e. The van der Waals surface area contributed by atoms with E-state index in [2.05, 4.69) is 16.8 Å². The predicted molar refractivity (Wildman–Crippen MR) is 52.5 cm³/mol. The summed E-state index contributed by atoms with van der Waals surface area (Å²) in [4.78, 5) is 0. The van der Waals surface area contributed by atoms with Gasteiger partial charge in [-0.2, -0.15) is 0 Å². The van der Waals surface area contributed by atoms with Gasteiger partial charge < -0.3 is 4.74 Å². The Morgan fingerprint density at radius 1 is 1.31 bits per heavy atom. The average Bonchev–Trinajstić information content (AvgIpc) is 2.03. The van der Waals surface area contributed by atoms with E-state index in [-0.39, 0.29) is 5.60 Å². The van der Waals surface area contributed by atoms with Gasteiger partial charge in [0.15, 0.2) is 0 Å². The van der Waals surface area contributed by atoms with E-state index in [0.29, 0.717) is 5.88 Å². The Morgan fingerprint density at radius 2 is 2.00 bits per heavy atom. The fourth-order valence-electron chi connectivity index (χ4n) is 0.807. The van der Waals surface area contributed by atoms with E-state index in [0.717, 1.165) is 5.69 Å². The van der Waals surface area contributed by atoms with Crippen LogP contribution >= 0.6 is 0 Å². The molecule has 0 bridgehead atoms. The lowest BCUT2D eigenvalue weighted by molar-refractivity contribution is 0.122. The third-order valence-electron chi connectivity index (χ3n) is 1.28. The number of rotatable bonds is 2. The van der Waals surface area contributed by atoms with Gasteiger partial charge in [0.2, 0.25) is 5.88 Å². The highest BCUT2D eigenvalue weighted by Gasteiger charge is 2.12. The molecular formula is C10H14N2O. The van der Waals surface area contributed by atoms with Crippen LogP contribution in [0.1, 0.15) is 26.5 Å². The second-order valence-electron chi connectivity index (χ2n) is 3.71. The highest BCUT2D eigenvalue weighted by Crippen LogP contribution is 2.13. The van der Waals surface area contributed by atoms with Gasteiger partial charge in [-0.25, -0.2) is 0 Å². The molecule has 0 fully saturated rings. The fraction of sp³-hybridized carbons (Fsp3) is 0.400. The van der Waals surface area contributed by atoms with E-state index < -0.39 is 0 Å². The number of aromatic nitrogens is 2. The summed E-state index contributed by atoms with van der Waals surface area (Å²) in [5, 5.41) is 7.78. The van der Waals surface area contributed by atoms with Crippen molar-refractivity contribution in [1.82, 2.24) is 10.2 Å². The van der Waals surface area contributed by atoms with Crippen LogP contribution in [0.5, 0.6) is 5.88 Å². The molecule has 3 heteroatoms. The van der Waals surface area contributed by atoms with Crippen LogP contribution < -0.4 is 4.74 Å². The normalized spacial score (nSPS) is 11.0. The van der Waals surface area contributed by atoms with Gasteiger partial charge in [-0.3, -0.25) is 0 Å². The molecule has 0 spiro atoms. The Labute approximate surface area is 78.5 Å². The first-order valence-electron chi connectivity index (χ1n) is 4.16. The topological polar surface area (TPSA) is 35.0 Å². The van der Waals surface area contributed by atoms with Gasteiger partial charge >= 0.3 is 0 Å². The molecule has 0 N–H and O–H groups in total. The predicted octanol–water partition coefficient (Wildman–Crippen LogP) is 2.30. The molecule has 1 aromatic heterocycles. The molecule has 0 unspecified atom stereocenters. The van der Waals surface area contributed by atoms with Crippen molar-refractivity contribution in [1.29, 1.82) is 0 Å². The van der Waals surface area contributed by atoms with Crippen molar-refractivity contribution in [2.75, 3.05) is 0 Å². The smallest absolute Gasteiger partial charge is 0.233 e. The van der Waals surface area contributed by atoms with Gasteiger partial charge in [-0.05, 0) is 32.9 Å². The zero-order chi connectivity index (χ0) is 9.90. The van der Waals surface area contributed by atoms with E-state index in [1.165, 1.54) is 0 Å². The Balaban J connectivity index is 2.75. The summed E-state index contributed by atoms with van der Waals surface area (Å²) >= 11 is 0. The third kappa shape index (κ3) is 3.23. The number of ether oxygens (including phenoxy) is 1. The molecule has 0 saturated heterocycles. The van der Waals surface area contributed by atoms with Crippen molar-refractivity contribution < 1.29 is 4.74 Å². The highest BCUT2D eigenvalue weighted by molar-refractivity contribution is 5.40. The maximum absolute atomic E-state index is 5.49. The fourth-order valence-corrected chi connectivity index (χ4v) is 0.807. The van der Waals surface area contributed by atoms with E-state index in [4.69, 9.17) is 4.74 Å². The van der Waals surface area contributed by atoms with E-state index in [1.54, 1.807) is 12.1 Å². The van der Waals surface area contributed by atoms with Crippen LogP contribution in [0, 0.1) is 0 Å². The molecule has 3 nitrogen and oxygen atoms in total. The van der Waals surface area contributed by atoms with Crippen molar-refractivity contribution in [2.24, 2.45) is 0 Å². The minimum absolute atomic E-state index is 0.232. The molecule has 1 heterocycles. The van der Waals surface area contributed by atoms with Gasteiger partial charge in [0, 0.05) is 6.07 Å². The number of hydrogen-bond acceptors (Lipinski definition) is 3. The Bertz CT molecular complexity index is 285. The molecule has 0 aromatic carbocycles. The molecule has 70 valence electrons. The summed E-state index contributed by atoms with van der Waals surface area (Å²) in [5.74, 6) is 0.540. The summed E-state index contributed by atoms with van der Waals surface area (Å²) in [6, 6.07) is 3.61. The summed E-state index contributed by atoms with van der Waals surface area (Å²) in [7, 11) is 0. The first-order valence-corrected chi connectivity index (χ1v) is 4.16. The summed E-state index contributed by atoms with van der Waals surface area (Å²) < 4.78 is 5.49. The molecule has 0 atom stereocenters. The molecule has 0 aliphatic heterocycles. The molecule has 0 amide bonds. The summed E-state index contributed by atoms with van der Waals surface area (Å²) in [5.41, 5.74) is 0.519. The minimum Gasteiger partial charge on any atom is -0.471 e. The Morgan fingerprint density at radius 3 is 2.38 bits per heavy atom. The molecule has 0 aliphatic rings. The molecule has 1 aromatic rings. The van der Waals surface area contributed by atoms with Gasteiger partial charge in [0.1, 0.15) is 5.60 Å². The van der Waals surface area contributed by atoms with Gasteiger partial charge in [0.25, 0.3) is 0 Å². The molecular weight excluding hydrogens is 164 g/mol. The Hall–Kier alpha value is -1.38. The van der Waals surface area contributed by atoms with Crippen molar-refractivity contribution >= 4 is 6.08 Å². The first-order chi connectivity index (χ1) is 6.01. The van der Waals surface area contributed by atoms with Crippen molar-refractivity contribution in [3.63, 3.8) is 0 Å². The second kappa shape index (κ2) is 3.56. The van der Waals surface area contributed by atoms with E-state index in [1.807, 2.05) is 26.8 Å². The molecule has 13 heavy (non-hydrogen) atoms. The zero-order valence-electron chi connectivity index (χ0n) is 8.24. The summed E-state index contributed by atoms with van der Waals surface area (Å²) in [6.45, 7) is 9.50. The maximum atomic E-state index is 5.49. The van der Waals surface area contributed by atoms with Crippen LogP contribution in [0.2, 0.25) is 0 Å². The third-order valence-corrected chi connectivity index (χ3v) is 1.28. The van der Waals surface area contributed by atoms with Crippen LogP contribution in [0.3, 0.4) is 0 Å². The van der Waals surface area contributed by atoms with Crippen LogP contribution in [-0.2, 0) is 0 Å².